The van der Waals surface area contributed by atoms with E-state index in [2.05, 4.69) is 21.9 Å². The van der Waals surface area contributed by atoms with Crippen LogP contribution < -0.4 is 5.73 Å². The minimum absolute atomic E-state index is 0.647. The molecule has 0 saturated carbocycles. The summed E-state index contributed by atoms with van der Waals surface area (Å²) < 4.78 is 0. The normalized spacial score (nSPS) is 17.1. The van der Waals surface area contributed by atoms with Gasteiger partial charge in [-0.25, -0.2) is 9.97 Å². The van der Waals surface area contributed by atoms with Gasteiger partial charge in [-0.1, -0.05) is 0 Å². The second-order valence-corrected chi connectivity index (χ2v) is 3.57. The number of rotatable bonds is 0. The van der Waals surface area contributed by atoms with Gasteiger partial charge in [-0.05, 0) is 14.0 Å². The van der Waals surface area contributed by atoms with Gasteiger partial charge in [0.25, 0.3) is 0 Å². The summed E-state index contributed by atoms with van der Waals surface area (Å²) in [5.41, 5.74) is 8.07. The molecule has 1 aliphatic heterocycles. The summed E-state index contributed by atoms with van der Waals surface area (Å²) in [6.07, 6.45) is 0.986. The minimum Gasteiger partial charge on any atom is -0.383 e. The van der Waals surface area contributed by atoms with Crippen LogP contribution in [0, 0.1) is 6.92 Å². The van der Waals surface area contributed by atoms with Crippen LogP contribution in [-0.2, 0) is 13.0 Å². The van der Waals surface area contributed by atoms with Gasteiger partial charge in [0.05, 0.1) is 5.69 Å². The monoisotopic (exact) mass is 178 g/mol. The van der Waals surface area contributed by atoms with Gasteiger partial charge in [-0.15, -0.1) is 0 Å². The third-order valence-electron chi connectivity index (χ3n) is 2.39. The first-order chi connectivity index (χ1) is 6.16. The molecule has 0 radical (unpaired) electrons. The van der Waals surface area contributed by atoms with Crippen LogP contribution in [0.1, 0.15) is 17.1 Å². The highest BCUT2D eigenvalue weighted by atomic mass is 15.1. The zero-order valence-corrected chi connectivity index (χ0v) is 8.04. The van der Waals surface area contributed by atoms with Crippen molar-refractivity contribution in [3.05, 3.63) is 17.1 Å². The van der Waals surface area contributed by atoms with Crippen LogP contribution in [0.4, 0.5) is 5.82 Å². The molecule has 70 valence electrons. The summed E-state index contributed by atoms with van der Waals surface area (Å²) >= 11 is 0. The van der Waals surface area contributed by atoms with Gasteiger partial charge in [0.2, 0.25) is 0 Å². The fourth-order valence-corrected chi connectivity index (χ4v) is 1.70. The summed E-state index contributed by atoms with van der Waals surface area (Å²) in [6.45, 7) is 3.82. The second-order valence-electron chi connectivity index (χ2n) is 3.57. The van der Waals surface area contributed by atoms with Crippen LogP contribution in [0.15, 0.2) is 0 Å². The minimum atomic E-state index is 0.647. The number of nitrogen functional groups attached to an aromatic ring is 1. The molecule has 0 bridgehead atoms. The molecule has 0 unspecified atom stereocenters. The lowest BCUT2D eigenvalue weighted by atomic mass is 10.1. The van der Waals surface area contributed by atoms with E-state index in [0.29, 0.717) is 5.82 Å². The van der Waals surface area contributed by atoms with Crippen molar-refractivity contribution in [1.29, 1.82) is 0 Å². The molecule has 4 nitrogen and oxygen atoms in total. The summed E-state index contributed by atoms with van der Waals surface area (Å²) in [4.78, 5) is 10.8. The maximum Gasteiger partial charge on any atom is 0.131 e. The molecule has 1 aliphatic rings. The molecule has 13 heavy (non-hydrogen) atoms. The van der Waals surface area contributed by atoms with Crippen molar-refractivity contribution in [3.63, 3.8) is 0 Å². The number of nitrogens with two attached hydrogens (primary N) is 1. The maximum atomic E-state index is 5.83. The van der Waals surface area contributed by atoms with Gasteiger partial charge in [-0.3, -0.25) is 0 Å². The first kappa shape index (κ1) is 8.44. The van der Waals surface area contributed by atoms with Crippen LogP contribution in [0.3, 0.4) is 0 Å². The van der Waals surface area contributed by atoms with E-state index in [4.69, 9.17) is 5.73 Å². The largest absolute Gasteiger partial charge is 0.383 e. The first-order valence-electron chi connectivity index (χ1n) is 4.47. The van der Waals surface area contributed by atoms with Crippen LogP contribution in [0.5, 0.6) is 0 Å². The Morgan fingerprint density at radius 2 is 2.15 bits per heavy atom. The molecule has 0 aliphatic carbocycles. The molecule has 0 fully saturated rings. The second kappa shape index (κ2) is 2.96. The SMILES string of the molecule is Cc1nc(N)c2c(n1)CCN(C)C2. The quantitative estimate of drug-likeness (QED) is 0.623. The number of hydrogen-bond acceptors (Lipinski definition) is 4. The van der Waals surface area contributed by atoms with Crippen molar-refractivity contribution in [2.24, 2.45) is 0 Å². The predicted octanol–water partition coefficient (Wildman–Crippen LogP) is 0.355. The van der Waals surface area contributed by atoms with Crippen LogP contribution in [0.25, 0.3) is 0 Å². The van der Waals surface area contributed by atoms with E-state index in [1.165, 1.54) is 0 Å². The number of nitrogens with zero attached hydrogens (tertiary/aromatic N) is 3. The molecule has 2 N–H and O–H groups in total. The fraction of sp³-hybridized carbons (Fsp3) is 0.556. The highest BCUT2D eigenvalue weighted by Gasteiger charge is 2.17. The van der Waals surface area contributed by atoms with Gasteiger partial charge < -0.3 is 10.6 Å². The molecule has 0 amide bonds. The Bertz CT molecular complexity index is 335. The number of aromatic nitrogens is 2. The Morgan fingerprint density at radius 3 is 2.92 bits per heavy atom. The lowest BCUT2D eigenvalue weighted by molar-refractivity contribution is 0.309. The van der Waals surface area contributed by atoms with Gasteiger partial charge in [0.1, 0.15) is 11.6 Å². The first-order valence-corrected chi connectivity index (χ1v) is 4.47. The fourth-order valence-electron chi connectivity index (χ4n) is 1.70. The van der Waals surface area contributed by atoms with Gasteiger partial charge in [0, 0.05) is 25.1 Å². The van der Waals surface area contributed by atoms with Crippen molar-refractivity contribution in [2.75, 3.05) is 19.3 Å². The number of hydrogen-bond donors (Lipinski definition) is 1. The van der Waals surface area contributed by atoms with Crippen molar-refractivity contribution >= 4 is 5.82 Å². The summed E-state index contributed by atoms with van der Waals surface area (Å²) in [5.74, 6) is 1.43. The number of anilines is 1. The molecule has 0 atom stereocenters. The lowest BCUT2D eigenvalue weighted by Gasteiger charge is -2.24. The molecule has 4 heteroatoms. The predicted molar refractivity (Wildman–Crippen MR) is 51.2 cm³/mol. The van der Waals surface area contributed by atoms with Crippen molar-refractivity contribution in [3.8, 4) is 0 Å². The van der Waals surface area contributed by atoms with Crippen LogP contribution >= 0.6 is 0 Å². The van der Waals surface area contributed by atoms with Crippen molar-refractivity contribution in [2.45, 2.75) is 19.9 Å². The Hall–Kier alpha value is -1.16. The van der Waals surface area contributed by atoms with E-state index in [9.17, 15) is 0 Å². The van der Waals surface area contributed by atoms with E-state index >= 15 is 0 Å². The van der Waals surface area contributed by atoms with Crippen LogP contribution in [0.2, 0.25) is 0 Å². The van der Waals surface area contributed by atoms with E-state index in [1.807, 2.05) is 6.92 Å². The maximum absolute atomic E-state index is 5.83. The topological polar surface area (TPSA) is 55.0 Å². The van der Waals surface area contributed by atoms with Gasteiger partial charge in [-0.2, -0.15) is 0 Å². The average Bonchev–Trinajstić information content (AvgIpc) is 2.06. The highest BCUT2D eigenvalue weighted by Crippen LogP contribution is 2.20. The lowest BCUT2D eigenvalue weighted by Crippen LogP contribution is -2.28. The molecule has 2 heterocycles. The molecular formula is C9H14N4. The smallest absolute Gasteiger partial charge is 0.131 e. The van der Waals surface area contributed by atoms with Crippen LogP contribution in [-0.4, -0.2) is 28.5 Å². The zero-order chi connectivity index (χ0) is 9.42. The van der Waals surface area contributed by atoms with Gasteiger partial charge >= 0.3 is 0 Å². The number of aryl methyl sites for hydroxylation is 1. The molecule has 2 rings (SSSR count). The Balaban J connectivity index is 2.47. The average molecular weight is 178 g/mol. The van der Waals surface area contributed by atoms with Crippen molar-refractivity contribution in [1.82, 2.24) is 14.9 Å². The molecule has 1 aromatic rings. The van der Waals surface area contributed by atoms with E-state index in [1.54, 1.807) is 0 Å². The zero-order valence-electron chi connectivity index (χ0n) is 8.04. The number of fused-ring (bicyclic) bond motifs is 1. The third kappa shape index (κ3) is 1.49. The standard InChI is InChI=1S/C9H14N4/c1-6-11-8-3-4-13(2)5-7(8)9(10)12-6/h3-5H2,1-2H3,(H2,10,11,12). The summed E-state index contributed by atoms with van der Waals surface area (Å²) in [7, 11) is 2.09. The highest BCUT2D eigenvalue weighted by molar-refractivity contribution is 5.43. The van der Waals surface area contributed by atoms with Crippen molar-refractivity contribution < 1.29 is 0 Å². The third-order valence-corrected chi connectivity index (χ3v) is 2.39. The summed E-state index contributed by atoms with van der Waals surface area (Å²) in [6, 6.07) is 0. The van der Waals surface area contributed by atoms with E-state index in [-0.39, 0.29) is 0 Å². The molecule has 1 aromatic heterocycles. The Labute approximate surface area is 77.8 Å². The number of likely N-dealkylation sites (N-methyl/N-ethyl adjacent to an activating group) is 1. The molecule has 0 saturated heterocycles. The Morgan fingerprint density at radius 1 is 1.38 bits per heavy atom. The van der Waals surface area contributed by atoms with E-state index < -0.39 is 0 Å². The van der Waals surface area contributed by atoms with E-state index in [0.717, 1.165) is 36.6 Å². The van der Waals surface area contributed by atoms with Gasteiger partial charge in [0.15, 0.2) is 0 Å². The molecule has 0 spiro atoms. The Kier molecular flexibility index (Phi) is 1.92. The molecular weight excluding hydrogens is 164 g/mol. The summed E-state index contributed by atoms with van der Waals surface area (Å²) in [5, 5.41) is 0. The molecule has 0 aromatic carbocycles.